The topological polar surface area (TPSA) is 49.4 Å². The third kappa shape index (κ3) is 3.25. The van der Waals surface area contributed by atoms with E-state index in [1.54, 1.807) is 0 Å². The second-order valence-corrected chi connectivity index (χ2v) is 5.87. The molecule has 1 fully saturated rings. The minimum Gasteiger partial charge on any atom is -0.318 e. The van der Waals surface area contributed by atoms with E-state index in [0.717, 1.165) is 19.5 Å². The van der Waals surface area contributed by atoms with Crippen molar-refractivity contribution in [1.29, 1.82) is 0 Å². The molecule has 1 unspecified atom stereocenters. The van der Waals surface area contributed by atoms with Gasteiger partial charge in [0.25, 0.3) is 0 Å². The number of hydrogen-bond acceptors (Lipinski definition) is 4. The molecular formula is C8H18N2O2S. The Bertz CT molecular complexity index is 251. The Morgan fingerprint density at radius 3 is 2.69 bits per heavy atom. The number of likely N-dealkylation sites (N-methyl/N-ethyl adjacent to an activating group) is 2. The number of nitrogens with zero attached hydrogens (tertiary/aromatic N) is 1. The quantitative estimate of drug-likeness (QED) is 0.662. The maximum atomic E-state index is 11.2. The fourth-order valence-electron chi connectivity index (χ4n) is 1.59. The Labute approximate surface area is 80.2 Å². The van der Waals surface area contributed by atoms with E-state index in [1.807, 2.05) is 14.1 Å². The highest BCUT2D eigenvalue weighted by molar-refractivity contribution is 7.91. The molecule has 1 aliphatic rings. The Morgan fingerprint density at radius 1 is 1.54 bits per heavy atom. The lowest BCUT2D eigenvalue weighted by Gasteiger charge is -2.22. The second-order valence-electron chi connectivity index (χ2n) is 3.64. The van der Waals surface area contributed by atoms with Gasteiger partial charge in [-0.1, -0.05) is 0 Å². The van der Waals surface area contributed by atoms with E-state index in [-0.39, 0.29) is 6.04 Å². The highest BCUT2D eigenvalue weighted by Crippen LogP contribution is 2.15. The van der Waals surface area contributed by atoms with Crippen LogP contribution in [0.1, 0.15) is 6.42 Å². The average Bonchev–Trinajstić information content (AvgIpc) is 2.42. The molecule has 1 aliphatic heterocycles. The van der Waals surface area contributed by atoms with Crippen LogP contribution >= 0.6 is 0 Å². The monoisotopic (exact) mass is 206 g/mol. The van der Waals surface area contributed by atoms with Crippen molar-refractivity contribution in [3.8, 4) is 0 Å². The van der Waals surface area contributed by atoms with Crippen molar-refractivity contribution in [2.75, 3.05) is 38.7 Å². The van der Waals surface area contributed by atoms with Gasteiger partial charge >= 0.3 is 0 Å². The van der Waals surface area contributed by atoms with Gasteiger partial charge in [-0.25, -0.2) is 8.42 Å². The Hall–Kier alpha value is -0.130. The van der Waals surface area contributed by atoms with Crippen LogP contribution in [-0.4, -0.2) is 58.1 Å². The fraction of sp³-hybridized carbons (Fsp3) is 1.00. The van der Waals surface area contributed by atoms with Gasteiger partial charge in [0.15, 0.2) is 9.84 Å². The van der Waals surface area contributed by atoms with Crippen molar-refractivity contribution in [1.82, 2.24) is 10.2 Å². The molecule has 0 radical (unpaired) electrons. The lowest BCUT2D eigenvalue weighted by molar-refractivity contribution is 0.264. The molecule has 4 nitrogen and oxygen atoms in total. The molecule has 0 saturated carbocycles. The van der Waals surface area contributed by atoms with Crippen LogP contribution in [-0.2, 0) is 9.84 Å². The van der Waals surface area contributed by atoms with Gasteiger partial charge in [0.05, 0.1) is 11.5 Å². The first-order valence-electron chi connectivity index (χ1n) is 4.60. The first kappa shape index (κ1) is 10.9. The molecule has 1 heterocycles. The van der Waals surface area contributed by atoms with Gasteiger partial charge in [0, 0.05) is 19.1 Å². The molecule has 0 bridgehead atoms. The number of nitrogens with one attached hydrogen (secondary N) is 1. The van der Waals surface area contributed by atoms with Gasteiger partial charge in [0.1, 0.15) is 0 Å². The van der Waals surface area contributed by atoms with Crippen molar-refractivity contribution >= 4 is 9.84 Å². The Kier molecular flexibility index (Phi) is 3.70. The van der Waals surface area contributed by atoms with Crippen LogP contribution in [0.2, 0.25) is 0 Å². The second kappa shape index (κ2) is 4.39. The molecule has 0 aliphatic carbocycles. The predicted molar refractivity (Wildman–Crippen MR) is 53.6 cm³/mol. The summed E-state index contributed by atoms with van der Waals surface area (Å²) in [5.41, 5.74) is 0. The van der Waals surface area contributed by atoms with Crippen LogP contribution in [0.15, 0.2) is 0 Å². The van der Waals surface area contributed by atoms with Gasteiger partial charge in [-0.15, -0.1) is 0 Å². The van der Waals surface area contributed by atoms with E-state index in [9.17, 15) is 8.42 Å². The fourth-order valence-corrected chi connectivity index (χ4v) is 3.40. The standard InChI is InChI=1S/C8H18N2O2S/c1-9-4-5-10(2)8-3-6-13(11,12)7-8/h8-9H,3-7H2,1-2H3. The number of rotatable bonds is 4. The summed E-state index contributed by atoms with van der Waals surface area (Å²) in [6, 6.07) is 0.235. The largest absolute Gasteiger partial charge is 0.318 e. The molecule has 1 saturated heterocycles. The maximum absolute atomic E-state index is 11.2. The van der Waals surface area contributed by atoms with Crippen molar-refractivity contribution in [2.45, 2.75) is 12.5 Å². The van der Waals surface area contributed by atoms with E-state index in [0.29, 0.717) is 11.5 Å². The Morgan fingerprint density at radius 2 is 2.23 bits per heavy atom. The molecular weight excluding hydrogens is 188 g/mol. The molecule has 0 amide bonds. The zero-order valence-electron chi connectivity index (χ0n) is 8.28. The van der Waals surface area contributed by atoms with E-state index in [1.165, 1.54) is 0 Å². The van der Waals surface area contributed by atoms with Gasteiger partial charge in [-0.05, 0) is 20.5 Å². The van der Waals surface area contributed by atoms with E-state index in [2.05, 4.69) is 10.2 Å². The van der Waals surface area contributed by atoms with Crippen molar-refractivity contribution in [2.24, 2.45) is 0 Å². The SMILES string of the molecule is CNCCN(C)C1CCS(=O)(=O)C1. The summed E-state index contributed by atoms with van der Waals surface area (Å²) < 4.78 is 22.4. The highest BCUT2D eigenvalue weighted by atomic mass is 32.2. The van der Waals surface area contributed by atoms with Crippen LogP contribution in [0, 0.1) is 0 Å². The van der Waals surface area contributed by atoms with Crippen LogP contribution in [0.5, 0.6) is 0 Å². The third-order valence-corrected chi connectivity index (χ3v) is 4.30. The number of hydrogen-bond donors (Lipinski definition) is 1. The summed E-state index contributed by atoms with van der Waals surface area (Å²) in [6.45, 7) is 1.82. The van der Waals surface area contributed by atoms with Crippen molar-refractivity contribution < 1.29 is 8.42 Å². The van der Waals surface area contributed by atoms with E-state index in [4.69, 9.17) is 0 Å². The predicted octanol–water partition coefficient (Wildman–Crippen LogP) is -0.675. The molecule has 1 atom stereocenters. The molecule has 5 heteroatoms. The van der Waals surface area contributed by atoms with Gasteiger partial charge in [-0.2, -0.15) is 0 Å². The van der Waals surface area contributed by atoms with E-state index >= 15 is 0 Å². The summed E-state index contributed by atoms with van der Waals surface area (Å²) in [4.78, 5) is 2.13. The van der Waals surface area contributed by atoms with Crippen molar-refractivity contribution in [3.63, 3.8) is 0 Å². The minimum absolute atomic E-state index is 0.235. The molecule has 1 rings (SSSR count). The zero-order chi connectivity index (χ0) is 9.90. The van der Waals surface area contributed by atoms with Crippen LogP contribution in [0.3, 0.4) is 0 Å². The molecule has 0 aromatic rings. The summed E-state index contributed by atoms with van der Waals surface area (Å²) >= 11 is 0. The Balaban J connectivity index is 2.37. The molecule has 0 spiro atoms. The number of sulfone groups is 1. The third-order valence-electron chi connectivity index (χ3n) is 2.55. The van der Waals surface area contributed by atoms with E-state index < -0.39 is 9.84 Å². The summed E-state index contributed by atoms with van der Waals surface area (Å²) in [7, 11) is 1.16. The first-order chi connectivity index (χ1) is 6.05. The summed E-state index contributed by atoms with van der Waals surface area (Å²) in [5, 5.41) is 3.05. The lowest BCUT2D eigenvalue weighted by Crippen LogP contribution is -2.36. The summed E-state index contributed by atoms with van der Waals surface area (Å²) in [6.07, 6.45) is 0.794. The summed E-state index contributed by atoms with van der Waals surface area (Å²) in [5.74, 6) is 0.703. The smallest absolute Gasteiger partial charge is 0.151 e. The molecule has 0 aromatic carbocycles. The first-order valence-corrected chi connectivity index (χ1v) is 6.42. The lowest BCUT2D eigenvalue weighted by atomic mass is 10.2. The molecule has 0 aromatic heterocycles. The maximum Gasteiger partial charge on any atom is 0.151 e. The normalized spacial score (nSPS) is 26.8. The highest BCUT2D eigenvalue weighted by Gasteiger charge is 2.29. The van der Waals surface area contributed by atoms with Gasteiger partial charge in [-0.3, -0.25) is 0 Å². The minimum atomic E-state index is -2.73. The van der Waals surface area contributed by atoms with Crippen LogP contribution in [0.25, 0.3) is 0 Å². The molecule has 78 valence electrons. The zero-order valence-corrected chi connectivity index (χ0v) is 9.10. The molecule has 13 heavy (non-hydrogen) atoms. The molecule has 1 N–H and O–H groups in total. The van der Waals surface area contributed by atoms with Crippen LogP contribution < -0.4 is 5.32 Å². The van der Waals surface area contributed by atoms with Crippen molar-refractivity contribution in [3.05, 3.63) is 0 Å². The van der Waals surface area contributed by atoms with Gasteiger partial charge < -0.3 is 10.2 Å². The van der Waals surface area contributed by atoms with Crippen LogP contribution in [0.4, 0.5) is 0 Å². The van der Waals surface area contributed by atoms with Gasteiger partial charge in [0.2, 0.25) is 0 Å². The average molecular weight is 206 g/mol.